The van der Waals surface area contributed by atoms with Crippen LogP contribution >= 0.6 is 0 Å². The summed E-state index contributed by atoms with van der Waals surface area (Å²) in [6.07, 6.45) is 14.3. The summed E-state index contributed by atoms with van der Waals surface area (Å²) in [5, 5.41) is 42.6. The van der Waals surface area contributed by atoms with Gasteiger partial charge in [-0.05, 0) is 31.1 Å². The summed E-state index contributed by atoms with van der Waals surface area (Å²) in [7, 11) is 0. The molecule has 0 aromatic heterocycles. The number of cyclic esters (lactones) is 1. The second-order valence-electron chi connectivity index (χ2n) is 11.4. The van der Waals surface area contributed by atoms with Crippen LogP contribution in [0.4, 0.5) is 0 Å². The van der Waals surface area contributed by atoms with Gasteiger partial charge in [0.1, 0.15) is 6.10 Å². The van der Waals surface area contributed by atoms with Crippen LogP contribution in [0.15, 0.2) is 61.3 Å². The number of ether oxygens (including phenoxy) is 1. The zero-order valence-electron chi connectivity index (χ0n) is 24.2. The van der Waals surface area contributed by atoms with Crippen LogP contribution in [0.25, 0.3) is 0 Å². The summed E-state index contributed by atoms with van der Waals surface area (Å²) in [4.78, 5) is 12.7. The van der Waals surface area contributed by atoms with Crippen LogP contribution in [0.1, 0.15) is 67.2 Å². The molecule has 1 rings (SSSR count). The van der Waals surface area contributed by atoms with Crippen molar-refractivity contribution in [2.45, 2.75) is 97.7 Å². The fourth-order valence-corrected chi connectivity index (χ4v) is 5.00. The molecule has 4 N–H and O–H groups in total. The molecule has 6 nitrogen and oxygen atoms in total. The Hall–Kier alpha value is -1.99. The molecule has 0 saturated carbocycles. The molecule has 0 aromatic carbocycles. The van der Waals surface area contributed by atoms with E-state index in [-0.39, 0.29) is 41.9 Å². The van der Waals surface area contributed by atoms with Gasteiger partial charge in [0.25, 0.3) is 0 Å². The molecular weight excluding hydrogens is 480 g/mol. The van der Waals surface area contributed by atoms with Crippen molar-refractivity contribution in [2.75, 3.05) is 0 Å². The van der Waals surface area contributed by atoms with Gasteiger partial charge in [-0.15, -0.1) is 0 Å². The van der Waals surface area contributed by atoms with Crippen molar-refractivity contribution < 1.29 is 30.0 Å². The quantitative estimate of drug-likeness (QED) is 0.222. The Morgan fingerprint density at radius 2 is 1.66 bits per heavy atom. The van der Waals surface area contributed by atoms with E-state index in [1.54, 1.807) is 36.5 Å². The lowest BCUT2D eigenvalue weighted by Gasteiger charge is -2.31. The van der Waals surface area contributed by atoms with Crippen LogP contribution in [0.2, 0.25) is 0 Å². The van der Waals surface area contributed by atoms with Crippen molar-refractivity contribution in [1.29, 1.82) is 0 Å². The Morgan fingerprint density at radius 1 is 0.974 bits per heavy atom. The highest BCUT2D eigenvalue weighted by molar-refractivity contribution is 5.82. The Kier molecular flexibility index (Phi) is 15.7. The molecule has 0 radical (unpaired) electrons. The summed E-state index contributed by atoms with van der Waals surface area (Å²) in [6, 6.07) is 0. The molecule has 38 heavy (non-hydrogen) atoms. The number of hydrogen-bond donors (Lipinski definition) is 4. The van der Waals surface area contributed by atoms with E-state index >= 15 is 0 Å². The zero-order valence-corrected chi connectivity index (χ0v) is 24.2. The summed E-state index contributed by atoms with van der Waals surface area (Å²) in [5.41, 5.74) is 0. The first kappa shape index (κ1) is 34.0. The number of rotatable bonds is 5. The van der Waals surface area contributed by atoms with Gasteiger partial charge in [-0.25, -0.2) is 4.79 Å². The summed E-state index contributed by atoms with van der Waals surface area (Å²) in [5.74, 6) is -0.985. The number of aliphatic hydroxyl groups excluding tert-OH is 4. The minimum absolute atomic E-state index is 0.0270. The minimum Gasteiger partial charge on any atom is -0.459 e. The van der Waals surface area contributed by atoms with Gasteiger partial charge in [0.05, 0.1) is 24.4 Å². The van der Waals surface area contributed by atoms with Crippen LogP contribution in [-0.2, 0) is 9.53 Å². The van der Waals surface area contributed by atoms with E-state index in [9.17, 15) is 25.2 Å². The average Bonchev–Trinajstić information content (AvgIpc) is 2.88. The van der Waals surface area contributed by atoms with Crippen molar-refractivity contribution in [3.8, 4) is 0 Å². The number of esters is 1. The third-order valence-electron chi connectivity index (χ3n) is 7.81. The maximum Gasteiger partial charge on any atom is 0.331 e. The second kappa shape index (κ2) is 17.6. The maximum absolute atomic E-state index is 12.7. The minimum atomic E-state index is -0.815. The van der Waals surface area contributed by atoms with Crippen LogP contribution in [-0.4, -0.2) is 56.9 Å². The number of allylic oxidation sites excluding steroid dienone is 4. The third-order valence-corrected chi connectivity index (χ3v) is 7.81. The Bertz CT molecular complexity index is 815. The standard InChI is InChI=1S/C32H52O6/c1-8-9-12-23(4)32(37)26(7)29-18-15-21(2)19-25(6)31(36)24(5)16-17-27(33)20-28(34)22(3)13-10-11-14-30(35)38-29/h8-14,16-17,21-29,31-34,36-37H,1,15,18-20H2,2-7H3/b12-9-,13-10+,14-11-,17-16-/t21-,22-,23+,24+,25+,26+,27-,28+,29-,31+,32+/m1/s1. The Balaban J connectivity index is 3.16. The normalized spacial score (nSPS) is 37.9. The van der Waals surface area contributed by atoms with Crippen LogP contribution in [0, 0.1) is 35.5 Å². The highest BCUT2D eigenvalue weighted by Gasteiger charge is 2.30. The van der Waals surface area contributed by atoms with Gasteiger partial charge in [0.15, 0.2) is 0 Å². The fraction of sp³-hybridized carbons (Fsp3) is 0.656. The van der Waals surface area contributed by atoms with Crippen molar-refractivity contribution >= 4 is 5.97 Å². The van der Waals surface area contributed by atoms with Gasteiger partial charge >= 0.3 is 5.97 Å². The number of carbonyl (C=O) groups is 1. The SMILES string of the molecule is C=C/C=C\[C@H](C)[C@H](O)[C@@H](C)[C@H]1CC[C@@H](C)C[C@H](C)[C@@H](O)[C@@H](C)/C=C\[C@@H](O)C[C@H](O)[C@H](C)/C=C/C=C\C(=O)O1. The molecule has 0 unspecified atom stereocenters. The van der Waals surface area contributed by atoms with Gasteiger partial charge in [-0.1, -0.05) is 96.7 Å². The van der Waals surface area contributed by atoms with Crippen molar-refractivity contribution in [1.82, 2.24) is 0 Å². The largest absolute Gasteiger partial charge is 0.459 e. The summed E-state index contributed by atoms with van der Waals surface area (Å²) in [6.45, 7) is 15.4. The summed E-state index contributed by atoms with van der Waals surface area (Å²) < 4.78 is 5.84. The molecule has 0 saturated heterocycles. The van der Waals surface area contributed by atoms with Crippen LogP contribution < -0.4 is 0 Å². The first-order valence-corrected chi connectivity index (χ1v) is 14.1. The van der Waals surface area contributed by atoms with Gasteiger partial charge < -0.3 is 25.2 Å². The van der Waals surface area contributed by atoms with Gasteiger partial charge in [-0.3, -0.25) is 0 Å². The van der Waals surface area contributed by atoms with Gasteiger partial charge in [-0.2, -0.15) is 0 Å². The van der Waals surface area contributed by atoms with Crippen molar-refractivity contribution in [3.05, 3.63) is 61.3 Å². The predicted molar refractivity (Wildman–Crippen MR) is 154 cm³/mol. The van der Waals surface area contributed by atoms with Gasteiger partial charge in [0, 0.05) is 36.2 Å². The van der Waals surface area contributed by atoms with E-state index in [1.165, 1.54) is 6.08 Å². The highest BCUT2D eigenvalue weighted by atomic mass is 16.5. The maximum atomic E-state index is 12.7. The molecule has 216 valence electrons. The van der Waals surface area contributed by atoms with E-state index in [0.717, 1.165) is 12.8 Å². The van der Waals surface area contributed by atoms with Crippen LogP contribution in [0.3, 0.4) is 0 Å². The molecule has 6 heteroatoms. The van der Waals surface area contributed by atoms with E-state index < -0.39 is 36.5 Å². The molecule has 0 aliphatic carbocycles. The number of hydrogen-bond acceptors (Lipinski definition) is 6. The topological polar surface area (TPSA) is 107 Å². The first-order chi connectivity index (χ1) is 17.9. The van der Waals surface area contributed by atoms with E-state index in [1.807, 2.05) is 46.8 Å². The van der Waals surface area contributed by atoms with Crippen LogP contribution in [0.5, 0.6) is 0 Å². The number of aliphatic hydroxyl groups is 4. The molecule has 11 atom stereocenters. The molecule has 1 heterocycles. The van der Waals surface area contributed by atoms with E-state index in [0.29, 0.717) is 6.42 Å². The van der Waals surface area contributed by atoms with Gasteiger partial charge in [0.2, 0.25) is 0 Å². The van der Waals surface area contributed by atoms with E-state index in [4.69, 9.17) is 4.74 Å². The lowest BCUT2D eigenvalue weighted by molar-refractivity contribution is -0.149. The molecule has 0 aromatic rings. The number of carbonyl (C=O) groups excluding carboxylic acids is 1. The molecule has 1 aliphatic heterocycles. The summed E-state index contributed by atoms with van der Waals surface area (Å²) >= 11 is 0. The molecule has 0 fully saturated rings. The zero-order chi connectivity index (χ0) is 28.8. The molecule has 0 amide bonds. The molecule has 1 aliphatic rings. The fourth-order valence-electron chi connectivity index (χ4n) is 5.00. The highest BCUT2D eigenvalue weighted by Crippen LogP contribution is 2.28. The van der Waals surface area contributed by atoms with Crippen molar-refractivity contribution in [3.63, 3.8) is 0 Å². The lowest BCUT2D eigenvalue weighted by atomic mass is 9.82. The average molecular weight is 533 g/mol. The molecule has 0 spiro atoms. The predicted octanol–water partition coefficient (Wildman–Crippen LogP) is 5.14. The second-order valence-corrected chi connectivity index (χ2v) is 11.4. The third kappa shape index (κ3) is 12.2. The first-order valence-electron chi connectivity index (χ1n) is 14.1. The smallest absolute Gasteiger partial charge is 0.331 e. The Labute approximate surface area is 230 Å². The lowest BCUT2D eigenvalue weighted by Crippen LogP contribution is -2.36. The molecule has 0 bridgehead atoms. The van der Waals surface area contributed by atoms with E-state index in [2.05, 4.69) is 13.5 Å². The van der Waals surface area contributed by atoms with Crippen molar-refractivity contribution in [2.24, 2.45) is 35.5 Å². The molecular formula is C32H52O6. The monoisotopic (exact) mass is 532 g/mol. The Morgan fingerprint density at radius 3 is 2.32 bits per heavy atom.